The molecule has 0 aromatic carbocycles. The molecule has 2 aliphatic heterocycles. The molecule has 21 atom stereocenters. The fourth-order valence-corrected chi connectivity index (χ4v) is 10.8. The first kappa shape index (κ1) is 68.6. The van der Waals surface area contributed by atoms with Gasteiger partial charge >= 0.3 is 17.9 Å². The van der Waals surface area contributed by atoms with Crippen molar-refractivity contribution in [1.82, 2.24) is 0 Å². The molecular weight excluding hydrogens is 977 g/mol. The van der Waals surface area contributed by atoms with E-state index in [2.05, 4.69) is 4.74 Å². The number of methoxy groups -OCH3 is 4. The molecule has 2 heterocycles. The Balaban J connectivity index is 2.02. The molecule has 0 aromatic heterocycles. The first-order valence-corrected chi connectivity index (χ1v) is 27.6. The Morgan fingerprint density at radius 2 is 1.37 bits per heavy atom. The summed E-state index contributed by atoms with van der Waals surface area (Å²) in [5.74, 6) is -4.32. The first-order chi connectivity index (χ1) is 35.7. The van der Waals surface area contributed by atoms with Crippen molar-refractivity contribution in [2.24, 2.45) is 53.3 Å². The fraction of sp³-hybridized carbons (Fsp3) is 0.750. The molecule has 16 heteroatoms. The highest BCUT2D eigenvalue weighted by atomic mass is 16.6. The summed E-state index contributed by atoms with van der Waals surface area (Å²) < 4.78 is 33.4. The van der Waals surface area contributed by atoms with Gasteiger partial charge in [0.25, 0.3) is 0 Å². The van der Waals surface area contributed by atoms with E-state index in [9.17, 15) is 50.1 Å². The lowest BCUT2D eigenvalue weighted by molar-refractivity contribution is -0.212. The highest BCUT2D eigenvalue weighted by Gasteiger charge is 2.52. The van der Waals surface area contributed by atoms with E-state index in [1.165, 1.54) is 13.2 Å². The van der Waals surface area contributed by atoms with E-state index in [4.69, 9.17) is 23.7 Å². The number of cyclic esters (lactones) is 2. The van der Waals surface area contributed by atoms with Gasteiger partial charge in [0.15, 0.2) is 12.2 Å². The minimum Gasteiger partial charge on any atom is -0.466 e. The molecule has 21 unspecified atom stereocenters. The number of allylic oxidation sites excluding steroid dienone is 7. The second-order valence-corrected chi connectivity index (χ2v) is 22.6. The summed E-state index contributed by atoms with van der Waals surface area (Å²) in [6, 6.07) is 0. The summed E-state index contributed by atoms with van der Waals surface area (Å²) in [5.41, 5.74) is -0.392. The van der Waals surface area contributed by atoms with Crippen molar-refractivity contribution in [3.8, 4) is 0 Å². The Morgan fingerprint density at radius 1 is 0.737 bits per heavy atom. The Hall–Kier alpha value is -3.55. The number of aliphatic hydroxyl groups is 7. The highest BCUT2D eigenvalue weighted by Crippen LogP contribution is 2.39. The summed E-state index contributed by atoms with van der Waals surface area (Å²) in [5, 5.41) is 77.6. The van der Waals surface area contributed by atoms with Crippen molar-refractivity contribution >= 4 is 17.9 Å². The Morgan fingerprint density at radius 3 is 1.97 bits per heavy atom. The van der Waals surface area contributed by atoms with Gasteiger partial charge in [0.1, 0.15) is 17.8 Å². The zero-order valence-electron chi connectivity index (χ0n) is 48.5. The number of carbonyl (C=O) groups excluding carboxylic acids is 3. The van der Waals surface area contributed by atoms with E-state index < -0.39 is 78.1 Å². The van der Waals surface area contributed by atoms with Crippen molar-refractivity contribution in [2.75, 3.05) is 28.4 Å². The lowest BCUT2D eigenvalue weighted by Gasteiger charge is -2.44. The predicted molar refractivity (Wildman–Crippen MR) is 293 cm³/mol. The number of esters is 3. The lowest BCUT2D eigenvalue weighted by Crippen LogP contribution is -2.59. The van der Waals surface area contributed by atoms with Gasteiger partial charge in [-0.3, -0.25) is 0 Å². The van der Waals surface area contributed by atoms with Crippen LogP contribution in [-0.4, -0.2) is 155 Å². The van der Waals surface area contributed by atoms with E-state index in [-0.39, 0.29) is 72.3 Å². The lowest BCUT2D eigenvalue weighted by atomic mass is 9.73. The minimum absolute atomic E-state index is 0.00934. The zero-order chi connectivity index (χ0) is 57.6. The van der Waals surface area contributed by atoms with E-state index in [0.717, 1.165) is 5.57 Å². The molecule has 2 fully saturated rings. The number of carbonyl (C=O) groups is 3. The van der Waals surface area contributed by atoms with E-state index in [1.807, 2.05) is 84.9 Å². The van der Waals surface area contributed by atoms with Gasteiger partial charge in [-0.05, 0) is 95.5 Å². The number of ether oxygens (including phenoxy) is 6. The summed E-state index contributed by atoms with van der Waals surface area (Å²) in [6.45, 7) is 20.6. The van der Waals surface area contributed by atoms with Crippen molar-refractivity contribution in [1.29, 1.82) is 0 Å². The number of aliphatic hydroxyl groups excluding tert-OH is 6. The van der Waals surface area contributed by atoms with Crippen molar-refractivity contribution in [2.45, 2.75) is 207 Å². The average molecular weight is 1080 g/mol. The maximum absolute atomic E-state index is 13.2. The molecule has 2 aliphatic rings. The third-order valence-corrected chi connectivity index (χ3v) is 16.4. The van der Waals surface area contributed by atoms with E-state index in [1.54, 1.807) is 67.3 Å². The molecule has 7 N–H and O–H groups in total. The number of rotatable bonds is 33. The van der Waals surface area contributed by atoms with Gasteiger partial charge in [-0.1, -0.05) is 116 Å². The Bertz CT molecular complexity index is 1930. The van der Waals surface area contributed by atoms with Crippen molar-refractivity contribution in [3.05, 3.63) is 71.9 Å². The van der Waals surface area contributed by atoms with Crippen LogP contribution in [0.2, 0.25) is 0 Å². The monoisotopic (exact) mass is 1080 g/mol. The third kappa shape index (κ3) is 21.3. The molecule has 0 bridgehead atoms. The molecule has 0 radical (unpaired) electrons. The maximum atomic E-state index is 13.2. The van der Waals surface area contributed by atoms with E-state index >= 15 is 0 Å². The van der Waals surface area contributed by atoms with Crippen molar-refractivity contribution < 1.29 is 78.6 Å². The first-order valence-electron chi connectivity index (χ1n) is 27.6. The molecule has 2 rings (SSSR count). The summed E-state index contributed by atoms with van der Waals surface area (Å²) >= 11 is 0. The van der Waals surface area contributed by atoms with Gasteiger partial charge in [0.2, 0.25) is 0 Å². The Kier molecular flexibility index (Phi) is 30.5. The third-order valence-electron chi connectivity index (χ3n) is 16.4. The van der Waals surface area contributed by atoms with E-state index in [0.29, 0.717) is 56.9 Å². The summed E-state index contributed by atoms with van der Waals surface area (Å²) in [6.07, 6.45) is 13.8. The largest absolute Gasteiger partial charge is 0.466 e. The van der Waals surface area contributed by atoms with Crippen molar-refractivity contribution in [3.63, 3.8) is 0 Å². The van der Waals surface area contributed by atoms with Gasteiger partial charge in [0.05, 0.1) is 49.8 Å². The molecule has 0 aromatic rings. The maximum Gasteiger partial charge on any atom is 0.338 e. The van der Waals surface area contributed by atoms with Gasteiger partial charge in [0, 0.05) is 69.3 Å². The van der Waals surface area contributed by atoms with Crippen LogP contribution >= 0.6 is 0 Å². The van der Waals surface area contributed by atoms with Crippen LogP contribution in [0.4, 0.5) is 0 Å². The molecule has 2 saturated heterocycles. The molecule has 0 aliphatic carbocycles. The van der Waals surface area contributed by atoms with Gasteiger partial charge < -0.3 is 64.2 Å². The molecular formula is C60H100O16. The normalized spacial score (nSPS) is 28.2. The smallest absolute Gasteiger partial charge is 0.338 e. The SMILES string of the molecule is COC(=O)C=CC=CC=CC(C)C(OC)C(C)C(O)C(C)C(O)C(C)=CC(C)=CC(C)C1CC(O)(C(C)CCC(CC(CC(O)C(C)CC=CC(C)C2CC(C(C)CCC(C)O)C(O)C(=O)O2)OC)OC)C(O)C(=O)O1. The molecule has 0 saturated carbocycles. The predicted octanol–water partition coefficient (Wildman–Crippen LogP) is 7.30. The van der Waals surface area contributed by atoms with Gasteiger partial charge in [-0.25, -0.2) is 14.4 Å². The van der Waals surface area contributed by atoms with Crippen LogP contribution in [0.3, 0.4) is 0 Å². The summed E-state index contributed by atoms with van der Waals surface area (Å²) in [4.78, 5) is 37.0. The molecule has 76 heavy (non-hydrogen) atoms. The second-order valence-electron chi connectivity index (χ2n) is 22.6. The van der Waals surface area contributed by atoms with Crippen LogP contribution in [0.25, 0.3) is 0 Å². The van der Waals surface area contributed by atoms with Gasteiger partial charge in [-0.2, -0.15) is 0 Å². The quantitative estimate of drug-likeness (QED) is 0.0112. The number of hydrogen-bond acceptors (Lipinski definition) is 16. The second kappa shape index (κ2) is 33.8. The topological polar surface area (TPSA) is 248 Å². The van der Waals surface area contributed by atoms with Crippen LogP contribution in [0.1, 0.15) is 134 Å². The minimum atomic E-state index is -1.79. The molecule has 0 amide bonds. The van der Waals surface area contributed by atoms with Crippen LogP contribution in [0.15, 0.2) is 71.9 Å². The van der Waals surface area contributed by atoms with Crippen LogP contribution in [0, 0.1) is 53.3 Å². The molecule has 16 nitrogen and oxygen atoms in total. The van der Waals surface area contributed by atoms with Crippen LogP contribution < -0.4 is 0 Å². The van der Waals surface area contributed by atoms with Crippen LogP contribution in [0.5, 0.6) is 0 Å². The number of hydrogen-bond donors (Lipinski definition) is 7. The Labute approximate surface area is 455 Å². The molecule has 0 spiro atoms. The van der Waals surface area contributed by atoms with Crippen LogP contribution in [-0.2, 0) is 42.8 Å². The van der Waals surface area contributed by atoms with Gasteiger partial charge in [-0.15, -0.1) is 0 Å². The molecule has 436 valence electrons. The summed E-state index contributed by atoms with van der Waals surface area (Å²) in [7, 11) is 6.09. The average Bonchev–Trinajstić information content (AvgIpc) is 3.38. The standard InChI is InChI=1S/C60H100O16/c1-35(30-41(7)53(64)44(10)54(65)45(11)56(74-15)39(5)21-18-16-17-19-24-52(63)73-14)29-40(6)51-34-60(70,57(67)59(69)76-51)42(8)26-28-46(71-12)31-47(72-13)32-49(62)37(3)22-20-23-38(4)50-33-48(55(66)58(68)75-50)36(2)25-27-43(9)61/h16-21,23-24,29-30,36-40,42-51,53-57,61-62,64-67,70H,22,25-28,31-34H2,1-15H3. The highest BCUT2D eigenvalue weighted by molar-refractivity contribution is 5.82. The zero-order valence-corrected chi connectivity index (χ0v) is 48.5. The fourth-order valence-electron chi connectivity index (χ4n) is 10.8.